The van der Waals surface area contributed by atoms with Gasteiger partial charge in [-0.25, -0.2) is 9.82 Å². The van der Waals surface area contributed by atoms with Crippen LogP contribution in [-0.2, 0) is 0 Å². The van der Waals surface area contributed by atoms with E-state index in [4.69, 9.17) is 5.84 Å². The molecule has 0 fully saturated rings. The van der Waals surface area contributed by atoms with Gasteiger partial charge in [-0.05, 0) is 40.6 Å². The van der Waals surface area contributed by atoms with Crippen molar-refractivity contribution >= 4 is 37.4 Å². The molecule has 3 N–H and O–H groups in total. The summed E-state index contributed by atoms with van der Waals surface area (Å²) in [6, 6.07) is 12.5. The second-order valence-corrected chi connectivity index (χ2v) is 6.28. The lowest BCUT2D eigenvalue weighted by atomic mass is 9.98. The molecule has 0 bridgehead atoms. The van der Waals surface area contributed by atoms with Gasteiger partial charge in [0.05, 0.1) is 6.04 Å². The molecule has 20 heavy (non-hydrogen) atoms. The summed E-state index contributed by atoms with van der Waals surface area (Å²) >= 11 is 5.01. The topological polar surface area (TPSA) is 38.0 Å². The van der Waals surface area contributed by atoms with Crippen LogP contribution in [0.3, 0.4) is 0 Å². The van der Waals surface area contributed by atoms with E-state index >= 15 is 0 Å². The first kappa shape index (κ1) is 13.7. The fourth-order valence-corrected chi connectivity index (χ4v) is 3.65. The van der Waals surface area contributed by atoms with Crippen molar-refractivity contribution in [1.82, 2.24) is 5.43 Å². The molecule has 5 heteroatoms. The van der Waals surface area contributed by atoms with Crippen molar-refractivity contribution in [3.05, 3.63) is 69.3 Å². The Balaban J connectivity index is 2.19. The number of thiophene rings is 1. The van der Waals surface area contributed by atoms with Crippen LogP contribution < -0.4 is 11.3 Å². The van der Waals surface area contributed by atoms with Crippen LogP contribution in [0.4, 0.5) is 4.39 Å². The molecule has 0 aliphatic heterocycles. The molecule has 0 radical (unpaired) electrons. The number of hydrazine groups is 1. The number of nitrogens with two attached hydrogens (primary N) is 1. The first-order valence-corrected chi connectivity index (χ1v) is 7.75. The van der Waals surface area contributed by atoms with Crippen LogP contribution in [0, 0.1) is 5.82 Å². The molecule has 0 saturated heterocycles. The summed E-state index contributed by atoms with van der Waals surface area (Å²) in [4.78, 5) is 0. The fourth-order valence-electron chi connectivity index (χ4n) is 2.33. The zero-order valence-electron chi connectivity index (χ0n) is 10.4. The highest BCUT2D eigenvalue weighted by Crippen LogP contribution is 2.33. The van der Waals surface area contributed by atoms with Gasteiger partial charge in [0.15, 0.2) is 0 Å². The third kappa shape index (κ3) is 2.38. The maximum atomic E-state index is 14.1. The first-order chi connectivity index (χ1) is 9.70. The molecule has 0 saturated carbocycles. The van der Waals surface area contributed by atoms with Gasteiger partial charge >= 0.3 is 0 Å². The van der Waals surface area contributed by atoms with Crippen LogP contribution in [0.2, 0.25) is 0 Å². The van der Waals surface area contributed by atoms with Crippen molar-refractivity contribution < 1.29 is 4.39 Å². The minimum absolute atomic E-state index is 0.273. The Kier molecular flexibility index (Phi) is 3.85. The van der Waals surface area contributed by atoms with Crippen molar-refractivity contribution in [2.24, 2.45) is 5.84 Å². The molecule has 1 atom stereocenters. The normalized spacial score (nSPS) is 12.8. The van der Waals surface area contributed by atoms with Gasteiger partial charge in [0.2, 0.25) is 0 Å². The number of hydrogen-bond acceptors (Lipinski definition) is 3. The van der Waals surface area contributed by atoms with Gasteiger partial charge in [0.25, 0.3) is 0 Å². The van der Waals surface area contributed by atoms with Crippen LogP contribution >= 0.6 is 27.3 Å². The van der Waals surface area contributed by atoms with Crippen molar-refractivity contribution in [3.8, 4) is 0 Å². The quantitative estimate of drug-likeness (QED) is 0.544. The third-order valence-electron chi connectivity index (χ3n) is 3.26. The highest BCUT2D eigenvalue weighted by atomic mass is 79.9. The Morgan fingerprint density at radius 3 is 2.80 bits per heavy atom. The average molecular weight is 351 g/mol. The molecule has 0 aliphatic carbocycles. The van der Waals surface area contributed by atoms with Crippen molar-refractivity contribution in [3.63, 3.8) is 0 Å². The molecule has 0 aliphatic rings. The number of rotatable bonds is 3. The SMILES string of the molecule is NNC(c1cc(Br)ccc1F)c1cccc2ccsc12. The minimum atomic E-state index is -0.380. The summed E-state index contributed by atoms with van der Waals surface area (Å²) in [5, 5.41) is 3.17. The van der Waals surface area contributed by atoms with Crippen LogP contribution in [-0.4, -0.2) is 0 Å². The number of fused-ring (bicyclic) bond motifs is 1. The summed E-state index contributed by atoms with van der Waals surface area (Å²) in [6.45, 7) is 0. The van der Waals surface area contributed by atoms with E-state index in [9.17, 15) is 4.39 Å². The summed E-state index contributed by atoms with van der Waals surface area (Å²) in [5.74, 6) is 5.41. The molecule has 1 unspecified atom stereocenters. The van der Waals surface area contributed by atoms with E-state index in [1.807, 2.05) is 29.6 Å². The Hall–Kier alpha value is -1.27. The molecule has 0 spiro atoms. The molecular weight excluding hydrogens is 339 g/mol. The van der Waals surface area contributed by atoms with Gasteiger partial charge in [0, 0.05) is 14.7 Å². The monoisotopic (exact) mass is 350 g/mol. The van der Waals surface area contributed by atoms with Crippen LogP contribution in [0.1, 0.15) is 17.2 Å². The fraction of sp³-hybridized carbons (Fsp3) is 0.0667. The lowest BCUT2D eigenvalue weighted by Crippen LogP contribution is -2.29. The number of hydrogen-bond donors (Lipinski definition) is 2. The highest BCUT2D eigenvalue weighted by molar-refractivity contribution is 9.10. The van der Waals surface area contributed by atoms with Gasteiger partial charge in [-0.15, -0.1) is 11.3 Å². The predicted octanol–water partition coefficient (Wildman–Crippen LogP) is 4.36. The van der Waals surface area contributed by atoms with E-state index in [-0.39, 0.29) is 11.9 Å². The second kappa shape index (κ2) is 5.61. The van der Waals surface area contributed by atoms with Gasteiger partial charge in [-0.1, -0.05) is 34.1 Å². The molecule has 2 aromatic carbocycles. The third-order valence-corrected chi connectivity index (χ3v) is 4.73. The predicted molar refractivity (Wildman–Crippen MR) is 85.1 cm³/mol. The van der Waals surface area contributed by atoms with Gasteiger partial charge in [-0.3, -0.25) is 5.84 Å². The Morgan fingerprint density at radius 2 is 2.00 bits per heavy atom. The average Bonchev–Trinajstić information content (AvgIpc) is 2.92. The smallest absolute Gasteiger partial charge is 0.128 e. The van der Waals surface area contributed by atoms with Crippen LogP contribution in [0.25, 0.3) is 10.1 Å². The largest absolute Gasteiger partial charge is 0.271 e. The van der Waals surface area contributed by atoms with Crippen LogP contribution in [0.15, 0.2) is 52.3 Å². The van der Waals surface area contributed by atoms with Crippen molar-refractivity contribution in [1.29, 1.82) is 0 Å². The van der Waals surface area contributed by atoms with Crippen LogP contribution in [0.5, 0.6) is 0 Å². The summed E-state index contributed by atoms with van der Waals surface area (Å²) in [7, 11) is 0. The molecule has 0 amide bonds. The zero-order chi connectivity index (χ0) is 14.1. The number of nitrogens with one attached hydrogen (secondary N) is 1. The molecule has 3 rings (SSSR count). The Morgan fingerprint density at radius 1 is 1.15 bits per heavy atom. The molecule has 102 valence electrons. The maximum absolute atomic E-state index is 14.1. The Labute approximate surface area is 128 Å². The van der Waals surface area contributed by atoms with Gasteiger partial charge in [0.1, 0.15) is 5.82 Å². The lowest BCUT2D eigenvalue weighted by Gasteiger charge is -2.18. The highest BCUT2D eigenvalue weighted by Gasteiger charge is 2.19. The van der Waals surface area contributed by atoms with E-state index in [1.165, 1.54) is 6.07 Å². The number of benzene rings is 2. The molecule has 2 nitrogen and oxygen atoms in total. The van der Waals surface area contributed by atoms with Crippen molar-refractivity contribution in [2.45, 2.75) is 6.04 Å². The number of halogens is 2. The summed E-state index contributed by atoms with van der Waals surface area (Å²) in [5.41, 5.74) is 4.24. The van der Waals surface area contributed by atoms with E-state index < -0.39 is 0 Å². The van der Waals surface area contributed by atoms with Crippen molar-refractivity contribution in [2.75, 3.05) is 0 Å². The summed E-state index contributed by atoms with van der Waals surface area (Å²) in [6.07, 6.45) is 0. The Bertz CT molecular complexity index is 756. The van der Waals surface area contributed by atoms with Gasteiger partial charge in [-0.2, -0.15) is 0 Å². The van der Waals surface area contributed by atoms with E-state index in [1.54, 1.807) is 23.5 Å². The molecule has 3 aromatic rings. The molecule has 1 aromatic heterocycles. The molecule has 1 heterocycles. The molecular formula is C15H12BrFN2S. The van der Waals surface area contributed by atoms with E-state index in [0.29, 0.717) is 5.56 Å². The van der Waals surface area contributed by atoms with E-state index in [2.05, 4.69) is 21.4 Å². The zero-order valence-corrected chi connectivity index (χ0v) is 12.8. The first-order valence-electron chi connectivity index (χ1n) is 6.08. The second-order valence-electron chi connectivity index (χ2n) is 4.45. The summed E-state index contributed by atoms with van der Waals surface area (Å²) < 4.78 is 16.1. The lowest BCUT2D eigenvalue weighted by molar-refractivity contribution is 0.561. The van der Waals surface area contributed by atoms with Gasteiger partial charge < -0.3 is 0 Å². The minimum Gasteiger partial charge on any atom is -0.271 e. The van der Waals surface area contributed by atoms with E-state index in [0.717, 1.165) is 20.1 Å². The standard InChI is InChI=1S/C15H12BrFN2S/c16-10-4-5-13(17)12(8-10)14(19-18)11-3-1-2-9-6-7-20-15(9)11/h1-8,14,19H,18H2. The maximum Gasteiger partial charge on any atom is 0.128 e.